The zero-order valence-corrected chi connectivity index (χ0v) is 25.8. The van der Waals surface area contributed by atoms with Crippen molar-refractivity contribution in [3.8, 4) is 6.07 Å². The SMILES string of the molecule is CC(C)(C)N1CCC(N2C=C([C@@H](Nc3cc(Cl)c4ncc(C#N)c(NN5CCOCC5)c4c3)c3ccccc3)NN2)CC1. The Morgan fingerprint density at radius 1 is 1.09 bits per heavy atom. The molecule has 0 saturated carbocycles. The Morgan fingerprint density at radius 2 is 1.84 bits per heavy atom. The zero-order valence-electron chi connectivity index (χ0n) is 25.0. The highest BCUT2D eigenvalue weighted by atomic mass is 35.5. The van der Waals surface area contributed by atoms with Gasteiger partial charge < -0.3 is 20.9 Å². The maximum absolute atomic E-state index is 9.92. The van der Waals surface area contributed by atoms with E-state index in [2.05, 4.69) is 86.8 Å². The molecule has 3 aromatic rings. The molecular weight excluding hydrogens is 562 g/mol. The first kappa shape index (κ1) is 29.5. The fourth-order valence-corrected chi connectivity index (χ4v) is 6.30. The first-order valence-electron chi connectivity index (χ1n) is 15.0. The summed E-state index contributed by atoms with van der Waals surface area (Å²) < 4.78 is 5.51. The number of likely N-dealkylation sites (tertiary alicyclic amines) is 1. The minimum Gasteiger partial charge on any atom is -0.379 e. The van der Waals surface area contributed by atoms with Crippen LogP contribution in [0.4, 0.5) is 11.4 Å². The Hall–Kier alpha value is -3.59. The van der Waals surface area contributed by atoms with Crippen LogP contribution in [-0.4, -0.2) is 70.9 Å². The Morgan fingerprint density at radius 3 is 2.53 bits per heavy atom. The number of anilines is 2. The van der Waals surface area contributed by atoms with Gasteiger partial charge in [-0.3, -0.25) is 14.9 Å². The summed E-state index contributed by atoms with van der Waals surface area (Å²) in [7, 11) is 0. The van der Waals surface area contributed by atoms with E-state index >= 15 is 0 Å². The van der Waals surface area contributed by atoms with E-state index in [9.17, 15) is 5.26 Å². The molecule has 11 heteroatoms. The molecule has 0 spiro atoms. The summed E-state index contributed by atoms with van der Waals surface area (Å²) in [5, 5.41) is 19.2. The molecule has 0 aliphatic carbocycles. The van der Waals surface area contributed by atoms with E-state index < -0.39 is 0 Å². The average molecular weight is 602 g/mol. The van der Waals surface area contributed by atoms with Crippen LogP contribution < -0.4 is 21.7 Å². The Kier molecular flexibility index (Phi) is 8.61. The van der Waals surface area contributed by atoms with Crippen LogP contribution in [0.1, 0.15) is 50.8 Å². The lowest BCUT2D eigenvalue weighted by Crippen LogP contribution is -2.52. The van der Waals surface area contributed by atoms with Crippen molar-refractivity contribution in [3.63, 3.8) is 0 Å². The van der Waals surface area contributed by atoms with Gasteiger partial charge in [-0.1, -0.05) is 41.9 Å². The maximum atomic E-state index is 9.92. The molecule has 0 amide bonds. The van der Waals surface area contributed by atoms with Crippen LogP contribution in [0, 0.1) is 11.3 Å². The summed E-state index contributed by atoms with van der Waals surface area (Å²) in [6, 6.07) is 16.8. The van der Waals surface area contributed by atoms with Crippen molar-refractivity contribution >= 4 is 33.9 Å². The largest absolute Gasteiger partial charge is 0.379 e. The fourth-order valence-electron chi connectivity index (χ4n) is 6.04. The van der Waals surface area contributed by atoms with Crippen molar-refractivity contribution < 1.29 is 4.74 Å². The number of hydrazine groups is 3. The minimum absolute atomic E-state index is 0.176. The molecule has 10 nitrogen and oxygen atoms in total. The number of halogens is 1. The number of benzene rings is 2. The zero-order chi connectivity index (χ0) is 30.0. The number of fused-ring (bicyclic) bond motifs is 1. The van der Waals surface area contributed by atoms with Gasteiger partial charge in [0.15, 0.2) is 0 Å². The minimum atomic E-state index is -0.176. The third-order valence-electron chi connectivity index (χ3n) is 8.50. The predicted octanol–water partition coefficient (Wildman–Crippen LogP) is 5.00. The fraction of sp³-hybridized carbons (Fsp3) is 0.438. The summed E-state index contributed by atoms with van der Waals surface area (Å²) in [5.41, 5.74) is 15.2. The number of ether oxygens (including phenoxy) is 1. The van der Waals surface area contributed by atoms with Gasteiger partial charge in [-0.2, -0.15) is 5.26 Å². The van der Waals surface area contributed by atoms with Crippen molar-refractivity contribution in [3.05, 3.63) is 76.7 Å². The second-order valence-electron chi connectivity index (χ2n) is 12.3. The molecule has 2 fully saturated rings. The molecule has 3 aliphatic heterocycles. The van der Waals surface area contributed by atoms with E-state index in [1.54, 1.807) is 6.20 Å². The third kappa shape index (κ3) is 6.51. The monoisotopic (exact) mass is 601 g/mol. The van der Waals surface area contributed by atoms with E-state index in [1.807, 2.05) is 30.3 Å². The molecule has 3 aliphatic rings. The molecule has 226 valence electrons. The summed E-state index contributed by atoms with van der Waals surface area (Å²) >= 11 is 6.83. The second kappa shape index (κ2) is 12.6. The van der Waals surface area contributed by atoms with Crippen molar-refractivity contribution in [2.45, 2.75) is 51.2 Å². The lowest BCUT2D eigenvalue weighted by Gasteiger charge is -2.42. The van der Waals surface area contributed by atoms with Gasteiger partial charge in [0.1, 0.15) is 6.07 Å². The Balaban J connectivity index is 1.30. The standard InChI is InChI=1S/C32H40ClN9O/c1-32(2,3)40-11-9-25(10-12-40)42-21-28(37-39-42)30(22-7-5-4-6-8-22)36-24-17-26-29(38-41-13-15-43-16-14-41)23(19-34)20-35-31(26)27(33)18-24/h4-8,17-18,20-21,25,30,36-37,39H,9-16H2,1-3H3,(H,35,38)/t30-/m0/s1. The number of rotatable bonds is 7. The van der Waals surface area contributed by atoms with Crippen molar-refractivity contribution in [1.29, 1.82) is 5.26 Å². The number of piperidine rings is 1. The predicted molar refractivity (Wildman–Crippen MR) is 171 cm³/mol. The first-order chi connectivity index (χ1) is 20.8. The highest BCUT2D eigenvalue weighted by molar-refractivity contribution is 6.35. The molecule has 2 aromatic carbocycles. The molecule has 6 rings (SSSR count). The van der Waals surface area contributed by atoms with E-state index in [4.69, 9.17) is 16.3 Å². The smallest absolute Gasteiger partial charge is 0.103 e. The molecule has 0 radical (unpaired) electrons. The number of pyridine rings is 1. The van der Waals surface area contributed by atoms with Gasteiger partial charge in [-0.15, -0.1) is 5.53 Å². The lowest BCUT2D eigenvalue weighted by atomic mass is 9.98. The molecule has 0 unspecified atom stereocenters. The van der Waals surface area contributed by atoms with Gasteiger partial charge in [0.05, 0.1) is 46.7 Å². The van der Waals surface area contributed by atoms with Crippen molar-refractivity contribution in [1.82, 2.24) is 30.9 Å². The Labute approximate surface area is 258 Å². The highest BCUT2D eigenvalue weighted by Crippen LogP contribution is 2.36. The molecule has 2 saturated heterocycles. The van der Waals surface area contributed by atoms with Crippen LogP contribution in [0.2, 0.25) is 5.02 Å². The number of hydrogen-bond donors (Lipinski definition) is 4. The maximum Gasteiger partial charge on any atom is 0.103 e. The summed E-state index contributed by atoms with van der Waals surface area (Å²) in [6.45, 7) is 11.7. The van der Waals surface area contributed by atoms with Crippen LogP contribution in [0.3, 0.4) is 0 Å². The van der Waals surface area contributed by atoms with Crippen molar-refractivity contribution in [2.24, 2.45) is 0 Å². The van der Waals surface area contributed by atoms with Crippen LogP contribution in [-0.2, 0) is 4.74 Å². The van der Waals surface area contributed by atoms with Gasteiger partial charge in [0, 0.05) is 61.2 Å². The van der Waals surface area contributed by atoms with E-state index in [-0.39, 0.29) is 11.6 Å². The highest BCUT2D eigenvalue weighted by Gasteiger charge is 2.32. The van der Waals surface area contributed by atoms with E-state index in [0.29, 0.717) is 41.0 Å². The topological polar surface area (TPSA) is 104 Å². The van der Waals surface area contributed by atoms with Gasteiger partial charge in [0.25, 0.3) is 0 Å². The van der Waals surface area contributed by atoms with Gasteiger partial charge >= 0.3 is 0 Å². The normalized spacial score (nSPS) is 19.5. The number of hydrogen-bond acceptors (Lipinski definition) is 10. The lowest BCUT2D eigenvalue weighted by molar-refractivity contribution is 0.0497. The van der Waals surface area contributed by atoms with Crippen LogP contribution in [0.15, 0.2) is 60.6 Å². The molecule has 0 bridgehead atoms. The third-order valence-corrected chi connectivity index (χ3v) is 8.78. The number of nitriles is 1. The van der Waals surface area contributed by atoms with Crippen LogP contribution in [0.25, 0.3) is 10.9 Å². The summed E-state index contributed by atoms with van der Waals surface area (Å²) in [4.78, 5) is 7.09. The second-order valence-corrected chi connectivity index (χ2v) is 12.7. The van der Waals surface area contributed by atoms with Crippen molar-refractivity contribution in [2.75, 3.05) is 50.1 Å². The van der Waals surface area contributed by atoms with Crippen LogP contribution >= 0.6 is 11.6 Å². The molecule has 1 atom stereocenters. The average Bonchev–Trinajstić information content (AvgIpc) is 3.51. The summed E-state index contributed by atoms with van der Waals surface area (Å²) in [6.07, 6.45) is 5.95. The number of aromatic nitrogens is 1. The quantitative estimate of drug-likeness (QED) is 0.296. The molecule has 43 heavy (non-hydrogen) atoms. The molecule has 4 heterocycles. The molecular formula is C32H40ClN9O. The number of morpholine rings is 1. The van der Waals surface area contributed by atoms with Gasteiger partial charge in [-0.05, 0) is 51.3 Å². The number of nitrogens with one attached hydrogen (secondary N) is 4. The van der Waals surface area contributed by atoms with E-state index in [1.165, 1.54) is 0 Å². The van der Waals surface area contributed by atoms with Gasteiger partial charge in [0.2, 0.25) is 0 Å². The molecule has 4 N–H and O–H groups in total. The van der Waals surface area contributed by atoms with Gasteiger partial charge in [-0.25, -0.2) is 5.01 Å². The summed E-state index contributed by atoms with van der Waals surface area (Å²) in [5.74, 6) is 0. The van der Waals surface area contributed by atoms with Crippen LogP contribution in [0.5, 0.6) is 0 Å². The first-order valence-corrected chi connectivity index (χ1v) is 15.4. The Bertz CT molecular complexity index is 1500. The van der Waals surface area contributed by atoms with E-state index in [0.717, 1.165) is 61.4 Å². The molecule has 1 aromatic heterocycles. The number of nitrogens with zero attached hydrogens (tertiary/aromatic N) is 5.